The highest BCUT2D eigenvalue weighted by molar-refractivity contribution is 7.89. The molecule has 0 aliphatic heterocycles. The number of sulfonamides is 1. The number of H-pyrrole nitrogens is 1. The van der Waals surface area contributed by atoms with Gasteiger partial charge in [-0.25, -0.2) is 13.1 Å². The normalized spacial score (nSPS) is 11.4. The van der Waals surface area contributed by atoms with Crippen molar-refractivity contribution in [2.75, 3.05) is 20.6 Å². The molecule has 0 saturated carbocycles. The largest absolute Gasteiger partial charge is 0.349 e. The van der Waals surface area contributed by atoms with Crippen LogP contribution < -0.4 is 4.72 Å². The van der Waals surface area contributed by atoms with Gasteiger partial charge in [-0.1, -0.05) is 0 Å². The maximum absolute atomic E-state index is 11.5. The van der Waals surface area contributed by atoms with Gasteiger partial charge in [0.2, 0.25) is 5.91 Å². The van der Waals surface area contributed by atoms with Crippen molar-refractivity contribution in [1.82, 2.24) is 19.8 Å². The number of rotatable bonds is 5. The third kappa shape index (κ3) is 3.31. The van der Waals surface area contributed by atoms with Gasteiger partial charge < -0.3 is 4.90 Å². The Morgan fingerprint density at radius 2 is 2.25 bits per heavy atom. The van der Waals surface area contributed by atoms with Gasteiger partial charge in [0.15, 0.2) is 5.03 Å². The van der Waals surface area contributed by atoms with Crippen LogP contribution in [0.25, 0.3) is 0 Å². The minimum absolute atomic E-state index is 0.00944. The number of amides is 1. The summed E-state index contributed by atoms with van der Waals surface area (Å²) in [5.74, 6) is -0.132. The third-order valence-corrected chi connectivity index (χ3v) is 3.29. The minimum Gasteiger partial charge on any atom is -0.349 e. The predicted octanol–water partition coefficient (Wildman–Crippen LogP) is -0.834. The average molecular weight is 246 g/mol. The lowest BCUT2D eigenvalue weighted by molar-refractivity contribution is -0.128. The molecule has 7 nitrogen and oxygen atoms in total. The Kier molecular flexibility index (Phi) is 4.02. The molecule has 90 valence electrons. The van der Waals surface area contributed by atoms with Crippen LogP contribution in [0.5, 0.6) is 0 Å². The Hall–Kier alpha value is -1.41. The highest BCUT2D eigenvalue weighted by atomic mass is 32.2. The molecule has 0 saturated heterocycles. The fourth-order valence-electron chi connectivity index (χ4n) is 0.986. The number of nitrogens with one attached hydrogen (secondary N) is 2. The molecule has 1 amide bonds. The van der Waals surface area contributed by atoms with Gasteiger partial charge in [-0.3, -0.25) is 9.89 Å². The first-order valence-corrected chi connectivity index (χ1v) is 6.11. The van der Waals surface area contributed by atoms with E-state index >= 15 is 0 Å². The number of carbonyl (C=O) groups is 1. The van der Waals surface area contributed by atoms with E-state index in [1.54, 1.807) is 14.1 Å². The van der Waals surface area contributed by atoms with Gasteiger partial charge in [0.05, 0.1) is 6.20 Å². The zero-order chi connectivity index (χ0) is 12.2. The van der Waals surface area contributed by atoms with E-state index in [0.29, 0.717) is 0 Å². The number of hydrogen-bond donors (Lipinski definition) is 2. The molecule has 16 heavy (non-hydrogen) atoms. The Morgan fingerprint density at radius 1 is 1.56 bits per heavy atom. The van der Waals surface area contributed by atoms with E-state index in [1.807, 2.05) is 0 Å². The lowest BCUT2D eigenvalue weighted by Gasteiger charge is -2.10. The molecule has 0 radical (unpaired) electrons. The van der Waals surface area contributed by atoms with Crippen molar-refractivity contribution in [2.45, 2.75) is 11.4 Å². The van der Waals surface area contributed by atoms with Crippen molar-refractivity contribution in [3.05, 3.63) is 12.3 Å². The van der Waals surface area contributed by atoms with E-state index in [9.17, 15) is 13.2 Å². The molecule has 0 aliphatic rings. The standard InChI is InChI=1S/C8H14N4O3S/c1-12(2)8(13)4-6-10-16(14,15)7-3-5-9-11-7/h3,5,10H,4,6H2,1-2H3,(H,9,11). The van der Waals surface area contributed by atoms with Crippen molar-refractivity contribution in [3.63, 3.8) is 0 Å². The second kappa shape index (κ2) is 5.08. The molecule has 1 aromatic rings. The molecule has 0 fully saturated rings. The first-order chi connectivity index (χ1) is 7.43. The fraction of sp³-hybridized carbons (Fsp3) is 0.500. The Morgan fingerprint density at radius 3 is 2.75 bits per heavy atom. The molecule has 0 bridgehead atoms. The summed E-state index contributed by atoms with van der Waals surface area (Å²) in [4.78, 5) is 12.6. The predicted molar refractivity (Wildman–Crippen MR) is 57.1 cm³/mol. The molecule has 0 aliphatic carbocycles. The van der Waals surface area contributed by atoms with E-state index < -0.39 is 10.0 Å². The van der Waals surface area contributed by atoms with Crippen LogP contribution in [-0.2, 0) is 14.8 Å². The molecule has 0 unspecified atom stereocenters. The maximum atomic E-state index is 11.5. The smallest absolute Gasteiger partial charge is 0.257 e. The lowest BCUT2D eigenvalue weighted by atomic mass is 10.4. The van der Waals surface area contributed by atoms with Gasteiger partial charge >= 0.3 is 0 Å². The summed E-state index contributed by atoms with van der Waals surface area (Å²) in [5.41, 5.74) is 0. The molecule has 0 aromatic carbocycles. The summed E-state index contributed by atoms with van der Waals surface area (Å²) in [6.07, 6.45) is 1.47. The Balaban J connectivity index is 2.47. The van der Waals surface area contributed by atoms with Crippen molar-refractivity contribution in [3.8, 4) is 0 Å². The Bertz CT molecular complexity index is 438. The van der Waals surface area contributed by atoms with E-state index in [-0.39, 0.29) is 23.9 Å². The molecule has 1 rings (SSSR count). The third-order valence-electron chi connectivity index (χ3n) is 1.89. The van der Waals surface area contributed by atoms with E-state index in [2.05, 4.69) is 14.9 Å². The monoisotopic (exact) mass is 246 g/mol. The van der Waals surface area contributed by atoms with Crippen molar-refractivity contribution < 1.29 is 13.2 Å². The van der Waals surface area contributed by atoms with E-state index in [0.717, 1.165) is 0 Å². The molecule has 1 heterocycles. The van der Waals surface area contributed by atoms with Crippen LogP contribution in [0.3, 0.4) is 0 Å². The van der Waals surface area contributed by atoms with Crippen LogP contribution in [0, 0.1) is 0 Å². The summed E-state index contributed by atoms with van der Waals surface area (Å²) in [6, 6.07) is 1.34. The van der Waals surface area contributed by atoms with Crippen molar-refractivity contribution >= 4 is 15.9 Å². The van der Waals surface area contributed by atoms with Crippen molar-refractivity contribution in [2.24, 2.45) is 0 Å². The first-order valence-electron chi connectivity index (χ1n) is 4.62. The molecule has 1 aromatic heterocycles. The summed E-state index contributed by atoms with van der Waals surface area (Å²) in [5, 5.41) is 5.87. The molecular weight excluding hydrogens is 232 g/mol. The molecule has 2 N–H and O–H groups in total. The van der Waals surface area contributed by atoms with Gasteiger partial charge in [-0.15, -0.1) is 0 Å². The lowest BCUT2D eigenvalue weighted by Crippen LogP contribution is -2.30. The quantitative estimate of drug-likeness (QED) is 0.708. The summed E-state index contributed by atoms with van der Waals surface area (Å²) in [6.45, 7) is 0.0678. The van der Waals surface area contributed by atoms with Gasteiger partial charge in [0.25, 0.3) is 10.0 Å². The molecule has 0 spiro atoms. The summed E-state index contributed by atoms with van der Waals surface area (Å²) >= 11 is 0. The Labute approximate surface area is 93.9 Å². The van der Waals surface area contributed by atoms with Gasteiger partial charge in [-0.2, -0.15) is 5.10 Å². The molecule has 8 heteroatoms. The second-order valence-electron chi connectivity index (χ2n) is 3.36. The van der Waals surface area contributed by atoms with Gasteiger partial charge in [-0.05, 0) is 6.07 Å². The number of aromatic nitrogens is 2. The van der Waals surface area contributed by atoms with Gasteiger partial charge in [0.1, 0.15) is 0 Å². The number of nitrogens with zero attached hydrogens (tertiary/aromatic N) is 2. The maximum Gasteiger partial charge on any atom is 0.257 e. The van der Waals surface area contributed by atoms with Crippen LogP contribution in [0.2, 0.25) is 0 Å². The van der Waals surface area contributed by atoms with Crippen LogP contribution >= 0.6 is 0 Å². The SMILES string of the molecule is CN(C)C(=O)CCNS(=O)(=O)c1ccn[nH]1. The zero-order valence-corrected chi connectivity index (χ0v) is 9.91. The fourth-order valence-corrected chi connectivity index (χ4v) is 1.93. The van der Waals surface area contributed by atoms with E-state index in [4.69, 9.17) is 0 Å². The van der Waals surface area contributed by atoms with Crippen LogP contribution in [0.15, 0.2) is 17.3 Å². The highest BCUT2D eigenvalue weighted by Crippen LogP contribution is 2.01. The second-order valence-corrected chi connectivity index (χ2v) is 5.09. The van der Waals surface area contributed by atoms with Crippen LogP contribution in [0.1, 0.15) is 6.42 Å². The minimum atomic E-state index is -3.58. The topological polar surface area (TPSA) is 95.2 Å². The van der Waals surface area contributed by atoms with E-state index in [1.165, 1.54) is 17.2 Å². The van der Waals surface area contributed by atoms with Crippen LogP contribution in [0.4, 0.5) is 0 Å². The average Bonchev–Trinajstić information content (AvgIpc) is 2.70. The highest BCUT2D eigenvalue weighted by Gasteiger charge is 2.15. The van der Waals surface area contributed by atoms with Crippen molar-refractivity contribution in [1.29, 1.82) is 0 Å². The van der Waals surface area contributed by atoms with Gasteiger partial charge in [0, 0.05) is 27.1 Å². The number of carbonyl (C=O) groups excluding carboxylic acids is 1. The molecular formula is C8H14N4O3S. The number of aromatic amines is 1. The first kappa shape index (κ1) is 12.7. The summed E-state index contributed by atoms with van der Waals surface area (Å²) in [7, 11) is -0.344. The zero-order valence-electron chi connectivity index (χ0n) is 9.10. The number of hydrogen-bond acceptors (Lipinski definition) is 4. The molecule has 0 atom stereocenters. The van der Waals surface area contributed by atoms with Crippen LogP contribution in [-0.4, -0.2) is 50.1 Å². The summed E-state index contributed by atoms with van der Waals surface area (Å²) < 4.78 is 25.4.